The smallest absolute Gasteiger partial charge is 0.263 e. The van der Waals surface area contributed by atoms with Gasteiger partial charge in [0.2, 0.25) is 5.91 Å². The van der Waals surface area contributed by atoms with Crippen LogP contribution in [0.5, 0.6) is 0 Å². The maximum Gasteiger partial charge on any atom is 0.263 e. The summed E-state index contributed by atoms with van der Waals surface area (Å²) in [5.74, 6) is -1.72. The minimum Gasteiger partial charge on any atom is -0.329 e. The molecule has 0 aliphatic carbocycles. The van der Waals surface area contributed by atoms with E-state index < -0.39 is 33.8 Å². The molecule has 0 saturated carbocycles. The molecule has 10 heteroatoms. The molecule has 0 aromatic heterocycles. The first-order valence-corrected chi connectivity index (χ1v) is 10.8. The molecule has 0 bridgehead atoms. The van der Waals surface area contributed by atoms with Crippen molar-refractivity contribution < 1.29 is 22.8 Å². The topological polar surface area (TPSA) is 113 Å². The Morgan fingerprint density at radius 1 is 1.07 bits per heavy atom. The van der Waals surface area contributed by atoms with Crippen LogP contribution in [0.15, 0.2) is 59.6 Å². The van der Waals surface area contributed by atoms with Gasteiger partial charge in [-0.25, -0.2) is 8.42 Å². The van der Waals surface area contributed by atoms with Gasteiger partial charge in [-0.2, -0.15) is 0 Å². The quantitative estimate of drug-likeness (QED) is 0.702. The SMILES string of the molecule is C=C1CCC(N2C(=O)c3ccc(NS(=O)(=O)c4ccccc4Cl)cc3C2=O)C(=O)N1. The molecule has 154 valence electrons. The summed E-state index contributed by atoms with van der Waals surface area (Å²) in [6.07, 6.45) is 0.731. The fraction of sp³-hybridized carbons (Fsp3) is 0.150. The summed E-state index contributed by atoms with van der Waals surface area (Å²) in [6.45, 7) is 3.69. The van der Waals surface area contributed by atoms with Crippen LogP contribution in [0.3, 0.4) is 0 Å². The molecule has 2 N–H and O–H groups in total. The molecule has 1 atom stereocenters. The van der Waals surface area contributed by atoms with Gasteiger partial charge in [0.15, 0.2) is 0 Å². The lowest BCUT2D eigenvalue weighted by Gasteiger charge is -2.29. The van der Waals surface area contributed by atoms with E-state index >= 15 is 0 Å². The molecule has 2 aliphatic rings. The van der Waals surface area contributed by atoms with Crippen molar-refractivity contribution in [2.75, 3.05) is 4.72 Å². The number of carbonyl (C=O) groups is 3. The Balaban J connectivity index is 1.63. The number of imide groups is 1. The number of fused-ring (bicyclic) bond motifs is 1. The molecule has 8 nitrogen and oxygen atoms in total. The highest BCUT2D eigenvalue weighted by Gasteiger charge is 2.44. The Labute approximate surface area is 177 Å². The average molecular weight is 446 g/mol. The Hall–Kier alpha value is -3.17. The van der Waals surface area contributed by atoms with Crippen LogP contribution in [0.4, 0.5) is 5.69 Å². The minimum atomic E-state index is -4.01. The first-order chi connectivity index (χ1) is 14.2. The van der Waals surface area contributed by atoms with Crippen molar-refractivity contribution in [3.05, 3.63) is 70.9 Å². The van der Waals surface area contributed by atoms with E-state index in [1.165, 1.54) is 36.4 Å². The Morgan fingerprint density at radius 2 is 1.77 bits per heavy atom. The van der Waals surface area contributed by atoms with Gasteiger partial charge in [-0.05, 0) is 43.2 Å². The van der Waals surface area contributed by atoms with E-state index in [9.17, 15) is 22.8 Å². The molecule has 1 saturated heterocycles. The van der Waals surface area contributed by atoms with Gasteiger partial charge in [0, 0.05) is 11.4 Å². The fourth-order valence-corrected chi connectivity index (χ4v) is 5.06. The van der Waals surface area contributed by atoms with E-state index in [4.69, 9.17) is 11.6 Å². The average Bonchev–Trinajstić information content (AvgIpc) is 2.92. The van der Waals surface area contributed by atoms with Crippen molar-refractivity contribution in [1.29, 1.82) is 0 Å². The third-order valence-corrected chi connectivity index (χ3v) is 6.81. The van der Waals surface area contributed by atoms with Crippen LogP contribution in [-0.2, 0) is 14.8 Å². The molecule has 30 heavy (non-hydrogen) atoms. The number of anilines is 1. The third-order valence-electron chi connectivity index (χ3n) is 4.93. The van der Waals surface area contributed by atoms with E-state index in [1.807, 2.05) is 0 Å². The van der Waals surface area contributed by atoms with Crippen molar-refractivity contribution in [3.63, 3.8) is 0 Å². The van der Waals surface area contributed by atoms with Gasteiger partial charge in [-0.3, -0.25) is 24.0 Å². The number of allylic oxidation sites excluding steroid dienone is 1. The van der Waals surface area contributed by atoms with Crippen molar-refractivity contribution in [2.45, 2.75) is 23.8 Å². The number of carbonyl (C=O) groups excluding carboxylic acids is 3. The lowest BCUT2D eigenvalue weighted by atomic mass is 10.0. The zero-order valence-electron chi connectivity index (χ0n) is 15.5. The number of piperidine rings is 1. The Kier molecular flexibility index (Phi) is 4.87. The summed E-state index contributed by atoms with van der Waals surface area (Å²) in [7, 11) is -4.01. The second-order valence-corrected chi connectivity index (χ2v) is 8.98. The lowest BCUT2D eigenvalue weighted by molar-refractivity contribution is -0.125. The number of amides is 3. The Bertz CT molecular complexity index is 1220. The van der Waals surface area contributed by atoms with Gasteiger partial charge in [-0.15, -0.1) is 0 Å². The lowest BCUT2D eigenvalue weighted by Crippen LogP contribution is -2.51. The van der Waals surface area contributed by atoms with Crippen LogP contribution in [-0.4, -0.2) is 37.1 Å². The summed E-state index contributed by atoms with van der Waals surface area (Å²) in [6, 6.07) is 9.02. The number of rotatable bonds is 4. The summed E-state index contributed by atoms with van der Waals surface area (Å²) in [5, 5.41) is 2.61. The molecule has 1 fully saturated rings. The van der Waals surface area contributed by atoms with Crippen LogP contribution in [0, 0.1) is 0 Å². The predicted octanol–water partition coefficient (Wildman–Crippen LogP) is 2.53. The largest absolute Gasteiger partial charge is 0.329 e. The number of hydrogen-bond acceptors (Lipinski definition) is 5. The van der Waals surface area contributed by atoms with Gasteiger partial charge in [-0.1, -0.05) is 30.3 Å². The van der Waals surface area contributed by atoms with Crippen LogP contribution >= 0.6 is 11.6 Å². The summed E-state index contributed by atoms with van der Waals surface area (Å²) in [4.78, 5) is 38.7. The highest BCUT2D eigenvalue weighted by Crippen LogP contribution is 2.31. The molecule has 2 heterocycles. The molecule has 2 aromatic rings. The van der Waals surface area contributed by atoms with E-state index in [-0.39, 0.29) is 33.2 Å². The monoisotopic (exact) mass is 445 g/mol. The maximum atomic E-state index is 12.9. The fourth-order valence-electron chi connectivity index (χ4n) is 3.49. The Morgan fingerprint density at radius 3 is 2.47 bits per heavy atom. The normalized spacial score (nSPS) is 19.0. The number of hydrogen-bond donors (Lipinski definition) is 2. The molecule has 0 spiro atoms. The van der Waals surface area contributed by atoms with E-state index in [0.717, 1.165) is 4.90 Å². The maximum absolute atomic E-state index is 12.9. The highest BCUT2D eigenvalue weighted by atomic mass is 35.5. The highest BCUT2D eigenvalue weighted by molar-refractivity contribution is 7.92. The summed E-state index contributed by atoms with van der Waals surface area (Å²) >= 11 is 5.97. The number of halogens is 1. The zero-order valence-corrected chi connectivity index (χ0v) is 17.1. The number of nitrogens with one attached hydrogen (secondary N) is 2. The van der Waals surface area contributed by atoms with Gasteiger partial charge in [0.25, 0.3) is 21.8 Å². The molecular formula is C20H16ClN3O5S. The molecule has 3 amide bonds. The molecule has 4 rings (SSSR count). The molecule has 0 radical (unpaired) electrons. The van der Waals surface area contributed by atoms with E-state index in [0.29, 0.717) is 12.1 Å². The van der Waals surface area contributed by atoms with E-state index in [2.05, 4.69) is 16.6 Å². The minimum absolute atomic E-state index is 0.0246. The number of nitrogens with zero attached hydrogens (tertiary/aromatic N) is 1. The van der Waals surface area contributed by atoms with Crippen LogP contribution in [0.25, 0.3) is 0 Å². The zero-order chi connectivity index (χ0) is 21.6. The number of sulfonamides is 1. The van der Waals surface area contributed by atoms with Crippen molar-refractivity contribution in [2.24, 2.45) is 0 Å². The van der Waals surface area contributed by atoms with Crippen LogP contribution < -0.4 is 10.0 Å². The second kappa shape index (κ2) is 7.26. The van der Waals surface area contributed by atoms with Gasteiger partial charge >= 0.3 is 0 Å². The van der Waals surface area contributed by atoms with Crippen LogP contribution in [0.2, 0.25) is 5.02 Å². The molecule has 1 unspecified atom stereocenters. The standard InChI is InChI=1S/C20H16ClN3O5S/c1-11-6-9-16(18(25)22-11)24-19(26)13-8-7-12(10-14(13)20(24)27)23-30(28,29)17-5-3-2-4-15(17)21/h2-5,7-8,10,16,23H,1,6,9H2,(H,22,25). The molecular weight excluding hydrogens is 430 g/mol. The van der Waals surface area contributed by atoms with E-state index in [1.54, 1.807) is 6.07 Å². The number of benzene rings is 2. The van der Waals surface area contributed by atoms with Gasteiger partial charge in [0.05, 0.1) is 16.1 Å². The van der Waals surface area contributed by atoms with Crippen LogP contribution in [0.1, 0.15) is 33.6 Å². The predicted molar refractivity (Wildman–Crippen MR) is 110 cm³/mol. The summed E-state index contributed by atoms with van der Waals surface area (Å²) < 4.78 is 27.6. The van der Waals surface area contributed by atoms with Crippen molar-refractivity contribution in [3.8, 4) is 0 Å². The first-order valence-electron chi connectivity index (χ1n) is 8.97. The van der Waals surface area contributed by atoms with Gasteiger partial charge in [0.1, 0.15) is 10.9 Å². The third kappa shape index (κ3) is 3.35. The first kappa shape index (κ1) is 20.1. The molecule has 2 aliphatic heterocycles. The summed E-state index contributed by atoms with van der Waals surface area (Å²) in [5.41, 5.74) is 0.761. The second-order valence-electron chi connectivity index (χ2n) is 6.92. The van der Waals surface area contributed by atoms with Gasteiger partial charge < -0.3 is 5.32 Å². The molecule has 2 aromatic carbocycles. The van der Waals surface area contributed by atoms with Crippen molar-refractivity contribution in [1.82, 2.24) is 10.2 Å². The van der Waals surface area contributed by atoms with Crippen molar-refractivity contribution >= 4 is 45.0 Å².